The molecule has 31 heavy (non-hydrogen) atoms. The van der Waals surface area contributed by atoms with Crippen LogP contribution in [0.15, 0.2) is 82.4 Å². The lowest BCUT2D eigenvalue weighted by Crippen LogP contribution is -2.46. The number of hydrogen-bond donors (Lipinski definition) is 1. The fourth-order valence-electron chi connectivity index (χ4n) is 3.31. The Bertz CT molecular complexity index is 1080. The van der Waals surface area contributed by atoms with Gasteiger partial charge in [-0.3, -0.25) is 4.79 Å². The van der Waals surface area contributed by atoms with Crippen LogP contribution in [0.25, 0.3) is 0 Å². The van der Waals surface area contributed by atoms with Crippen LogP contribution in [0.1, 0.15) is 17.4 Å². The normalized spacial score (nSPS) is 18.1. The van der Waals surface area contributed by atoms with E-state index in [0.717, 1.165) is 5.56 Å². The average Bonchev–Trinajstić information content (AvgIpc) is 3.30. The molecule has 8 heteroatoms. The molecular formula is C23H19ClN2O5. The average molecular weight is 439 g/mol. The van der Waals surface area contributed by atoms with Crippen molar-refractivity contribution in [3.63, 3.8) is 0 Å². The first-order chi connectivity index (χ1) is 15.1. The zero-order chi connectivity index (χ0) is 21.6. The first-order valence-corrected chi connectivity index (χ1v) is 9.98. The highest BCUT2D eigenvalue weighted by molar-refractivity contribution is 6.30. The van der Waals surface area contributed by atoms with Gasteiger partial charge < -0.3 is 19.2 Å². The zero-order valence-electron chi connectivity index (χ0n) is 16.4. The summed E-state index contributed by atoms with van der Waals surface area (Å²) in [5, 5.41) is 3.28. The van der Waals surface area contributed by atoms with Crippen molar-refractivity contribution in [2.45, 2.75) is 12.6 Å². The third-order valence-electron chi connectivity index (χ3n) is 4.75. The summed E-state index contributed by atoms with van der Waals surface area (Å²) in [4.78, 5) is 29.4. The van der Waals surface area contributed by atoms with Crippen LogP contribution < -0.4 is 10.1 Å². The highest BCUT2D eigenvalue weighted by atomic mass is 35.5. The SMILES string of the molecule is O=C1N=C(COc2cccc(Cl)c2)C(C(=O)OCc2ccco2)C(c2ccccc2)N1. The molecule has 2 aromatic carbocycles. The summed E-state index contributed by atoms with van der Waals surface area (Å²) in [6.45, 7) is -0.0994. The Labute approximate surface area is 183 Å². The van der Waals surface area contributed by atoms with Crippen molar-refractivity contribution in [2.75, 3.05) is 6.61 Å². The van der Waals surface area contributed by atoms with Gasteiger partial charge in [0, 0.05) is 5.02 Å². The molecule has 2 heterocycles. The van der Waals surface area contributed by atoms with E-state index in [2.05, 4.69) is 10.3 Å². The maximum absolute atomic E-state index is 13.1. The molecule has 3 aromatic rings. The van der Waals surface area contributed by atoms with Crippen LogP contribution in [-0.4, -0.2) is 24.3 Å². The van der Waals surface area contributed by atoms with E-state index in [-0.39, 0.29) is 18.9 Å². The fourth-order valence-corrected chi connectivity index (χ4v) is 3.49. The Morgan fingerprint density at radius 1 is 1.06 bits per heavy atom. The van der Waals surface area contributed by atoms with Crippen molar-refractivity contribution < 1.29 is 23.5 Å². The van der Waals surface area contributed by atoms with E-state index >= 15 is 0 Å². The minimum Gasteiger partial charge on any atom is -0.488 e. The van der Waals surface area contributed by atoms with Gasteiger partial charge in [-0.25, -0.2) is 4.79 Å². The van der Waals surface area contributed by atoms with Crippen molar-refractivity contribution in [2.24, 2.45) is 10.9 Å². The number of amides is 2. The van der Waals surface area contributed by atoms with E-state index in [1.807, 2.05) is 30.3 Å². The topological polar surface area (TPSA) is 90.1 Å². The van der Waals surface area contributed by atoms with Crippen LogP contribution in [0.3, 0.4) is 0 Å². The minimum absolute atomic E-state index is 0.0276. The predicted octanol–water partition coefficient (Wildman–Crippen LogP) is 4.58. The maximum Gasteiger partial charge on any atom is 0.341 e. The Balaban J connectivity index is 1.59. The van der Waals surface area contributed by atoms with Crippen LogP contribution in [0, 0.1) is 5.92 Å². The second-order valence-corrected chi connectivity index (χ2v) is 7.29. The quantitative estimate of drug-likeness (QED) is 0.545. The van der Waals surface area contributed by atoms with Crippen molar-refractivity contribution in [1.82, 2.24) is 5.32 Å². The minimum atomic E-state index is -0.866. The van der Waals surface area contributed by atoms with Crippen LogP contribution in [0.5, 0.6) is 5.75 Å². The molecule has 7 nitrogen and oxygen atoms in total. The highest BCUT2D eigenvalue weighted by Gasteiger charge is 2.40. The number of esters is 1. The van der Waals surface area contributed by atoms with Crippen LogP contribution >= 0.6 is 11.6 Å². The molecule has 0 bridgehead atoms. The van der Waals surface area contributed by atoms with Gasteiger partial charge in [-0.2, -0.15) is 4.99 Å². The van der Waals surface area contributed by atoms with Crippen molar-refractivity contribution in [3.8, 4) is 5.75 Å². The number of carbonyl (C=O) groups is 2. The van der Waals surface area contributed by atoms with Crippen LogP contribution in [0.4, 0.5) is 4.79 Å². The van der Waals surface area contributed by atoms with Gasteiger partial charge in [0.15, 0.2) is 0 Å². The van der Waals surface area contributed by atoms with Gasteiger partial charge in [0.1, 0.15) is 30.6 Å². The van der Waals surface area contributed by atoms with Gasteiger partial charge >= 0.3 is 12.0 Å². The molecule has 0 aliphatic carbocycles. The number of ether oxygens (including phenoxy) is 2. The zero-order valence-corrected chi connectivity index (χ0v) is 17.1. The fraction of sp³-hybridized carbons (Fsp3) is 0.174. The number of nitrogens with one attached hydrogen (secondary N) is 1. The molecule has 158 valence electrons. The summed E-state index contributed by atoms with van der Waals surface area (Å²) >= 11 is 6.00. The molecule has 0 spiro atoms. The van der Waals surface area contributed by atoms with Crippen LogP contribution in [0.2, 0.25) is 5.02 Å². The molecule has 1 aliphatic rings. The predicted molar refractivity (Wildman–Crippen MR) is 114 cm³/mol. The third kappa shape index (κ3) is 5.13. The molecule has 2 amide bonds. The number of furan rings is 1. The largest absolute Gasteiger partial charge is 0.488 e. The lowest BCUT2D eigenvalue weighted by molar-refractivity contribution is -0.149. The summed E-state index contributed by atoms with van der Waals surface area (Å²) in [5.41, 5.74) is 1.02. The third-order valence-corrected chi connectivity index (χ3v) is 4.98. The number of benzene rings is 2. The smallest absolute Gasteiger partial charge is 0.341 e. The van der Waals surface area contributed by atoms with E-state index in [4.69, 9.17) is 25.5 Å². The lowest BCUT2D eigenvalue weighted by atomic mass is 9.88. The number of hydrogen-bond acceptors (Lipinski definition) is 5. The molecule has 1 aromatic heterocycles. The van der Waals surface area contributed by atoms with Gasteiger partial charge in [0.25, 0.3) is 0 Å². The summed E-state index contributed by atoms with van der Waals surface area (Å²) in [6, 6.07) is 18.3. The van der Waals surface area contributed by atoms with E-state index in [1.54, 1.807) is 36.4 Å². The Morgan fingerprint density at radius 2 is 1.90 bits per heavy atom. The van der Waals surface area contributed by atoms with Gasteiger partial charge in [0.2, 0.25) is 0 Å². The standard InChI is InChI=1S/C23H19ClN2O5/c24-16-8-4-9-17(12-16)30-14-19-20(22(27)31-13-18-10-5-11-29-18)21(26-23(28)25-19)15-6-2-1-3-7-15/h1-12,20-21H,13-14H2,(H,26,28). The number of aliphatic imine (C=N–C) groups is 1. The van der Waals surface area contributed by atoms with E-state index in [9.17, 15) is 9.59 Å². The van der Waals surface area contributed by atoms with Gasteiger partial charge in [-0.1, -0.05) is 48.0 Å². The molecule has 1 aliphatic heterocycles. The summed E-state index contributed by atoms with van der Waals surface area (Å²) in [6.07, 6.45) is 1.50. The molecular weight excluding hydrogens is 420 g/mol. The Morgan fingerprint density at radius 3 is 2.65 bits per heavy atom. The highest BCUT2D eigenvalue weighted by Crippen LogP contribution is 2.29. The molecule has 4 rings (SSSR count). The van der Waals surface area contributed by atoms with E-state index in [0.29, 0.717) is 16.5 Å². The second kappa shape index (κ2) is 9.49. The Kier molecular flexibility index (Phi) is 6.33. The number of urea groups is 1. The van der Waals surface area contributed by atoms with Gasteiger partial charge in [-0.15, -0.1) is 0 Å². The van der Waals surface area contributed by atoms with Crippen molar-refractivity contribution in [1.29, 1.82) is 0 Å². The van der Waals surface area contributed by atoms with E-state index < -0.39 is 24.0 Å². The van der Waals surface area contributed by atoms with Gasteiger partial charge in [0.05, 0.1) is 18.0 Å². The van der Waals surface area contributed by atoms with E-state index in [1.165, 1.54) is 6.26 Å². The molecule has 2 atom stereocenters. The lowest BCUT2D eigenvalue weighted by Gasteiger charge is -2.30. The molecule has 0 radical (unpaired) electrons. The molecule has 0 saturated heterocycles. The molecule has 0 fully saturated rings. The Hall–Kier alpha value is -3.58. The monoisotopic (exact) mass is 438 g/mol. The number of carbonyl (C=O) groups excluding carboxylic acids is 2. The number of halogens is 1. The van der Waals surface area contributed by atoms with Crippen LogP contribution in [-0.2, 0) is 16.1 Å². The van der Waals surface area contributed by atoms with Crippen molar-refractivity contribution in [3.05, 3.63) is 89.3 Å². The maximum atomic E-state index is 13.1. The summed E-state index contributed by atoms with van der Waals surface area (Å²) in [7, 11) is 0. The second-order valence-electron chi connectivity index (χ2n) is 6.85. The summed E-state index contributed by atoms with van der Waals surface area (Å²) in [5.74, 6) is -0.397. The first-order valence-electron chi connectivity index (χ1n) is 9.60. The number of rotatable bonds is 7. The molecule has 0 saturated carbocycles. The van der Waals surface area contributed by atoms with Gasteiger partial charge in [-0.05, 0) is 35.9 Å². The molecule has 1 N–H and O–H groups in total. The summed E-state index contributed by atoms with van der Waals surface area (Å²) < 4.78 is 16.5. The number of nitrogens with zero attached hydrogens (tertiary/aromatic N) is 1. The first kappa shape index (κ1) is 20.7. The van der Waals surface area contributed by atoms with Crippen molar-refractivity contribution >= 4 is 29.3 Å². The molecule has 2 unspecified atom stereocenters.